The number of fused-ring (bicyclic) bond motifs is 4. The summed E-state index contributed by atoms with van der Waals surface area (Å²) in [6, 6.07) is 5.86. The van der Waals surface area contributed by atoms with E-state index in [0.29, 0.717) is 60.3 Å². The van der Waals surface area contributed by atoms with E-state index in [9.17, 15) is 10.1 Å². The Labute approximate surface area is 284 Å². The molecule has 4 aromatic rings. The van der Waals surface area contributed by atoms with Crippen molar-refractivity contribution in [2.45, 2.75) is 77.5 Å². The van der Waals surface area contributed by atoms with E-state index in [-0.39, 0.29) is 41.0 Å². The Bertz CT molecular complexity index is 2110. The third kappa shape index (κ3) is 5.38. The van der Waals surface area contributed by atoms with Crippen LogP contribution >= 0.6 is 11.6 Å². The lowest BCUT2D eigenvalue weighted by Gasteiger charge is -2.37. The van der Waals surface area contributed by atoms with Crippen LogP contribution in [-0.2, 0) is 11.3 Å². The maximum Gasteiger partial charge on any atom is 0.298 e. The molecule has 2 aromatic heterocycles. The minimum Gasteiger partial charge on any atom is -0.475 e. The predicted octanol–water partition coefficient (Wildman–Crippen LogP) is 6.54. The molecule has 3 atom stereocenters. The van der Waals surface area contributed by atoms with Gasteiger partial charge in [0.25, 0.3) is 5.91 Å². The number of piperidine rings is 1. The first-order valence-corrected chi connectivity index (χ1v) is 16.8. The number of likely N-dealkylation sites (N-methyl/N-ethyl adjacent to an activating group) is 1. The Hall–Kier alpha value is -4.51. The van der Waals surface area contributed by atoms with E-state index in [1.54, 1.807) is 30.3 Å². The molecule has 0 unspecified atom stereocenters. The van der Waals surface area contributed by atoms with Crippen LogP contribution in [0.15, 0.2) is 23.3 Å². The van der Waals surface area contributed by atoms with E-state index in [4.69, 9.17) is 26.4 Å². The van der Waals surface area contributed by atoms with Crippen molar-refractivity contribution in [1.82, 2.24) is 24.6 Å². The van der Waals surface area contributed by atoms with Gasteiger partial charge in [-0.25, -0.2) is 9.37 Å². The molecule has 9 nitrogen and oxygen atoms in total. The van der Waals surface area contributed by atoms with Gasteiger partial charge >= 0.3 is 0 Å². The first-order valence-electron chi connectivity index (χ1n) is 16.5. The number of nitrogens with zero attached hydrogens (tertiary/aromatic N) is 7. The fraction of sp³-hybridized carbons (Fsp3) is 0.432. The molecule has 0 aliphatic carbocycles. The summed E-state index contributed by atoms with van der Waals surface area (Å²) in [7, 11) is 2.09. The second-order valence-electron chi connectivity index (χ2n) is 13.1. The van der Waals surface area contributed by atoms with Crippen LogP contribution in [0.5, 0.6) is 5.88 Å². The number of hydrogen-bond acceptors (Lipinski definition) is 7. The van der Waals surface area contributed by atoms with Crippen LogP contribution in [0, 0.1) is 42.8 Å². The van der Waals surface area contributed by atoms with Gasteiger partial charge in [0.05, 0.1) is 47.2 Å². The number of halogens is 2. The van der Waals surface area contributed by atoms with Crippen molar-refractivity contribution in [3.8, 4) is 34.9 Å². The van der Waals surface area contributed by atoms with E-state index in [2.05, 4.69) is 40.9 Å². The summed E-state index contributed by atoms with van der Waals surface area (Å²) < 4.78 is 25.5. The minimum absolute atomic E-state index is 0.155. The van der Waals surface area contributed by atoms with Gasteiger partial charge in [0.1, 0.15) is 12.1 Å². The average Bonchev–Trinajstić information content (AvgIpc) is 3.82. The molecule has 0 spiro atoms. The summed E-state index contributed by atoms with van der Waals surface area (Å²) >= 11 is 7.05. The number of likely N-dealkylation sites (tertiary alicyclic amines) is 2. The number of amides is 1. The Morgan fingerprint density at radius 1 is 1.17 bits per heavy atom. The summed E-state index contributed by atoms with van der Waals surface area (Å²) in [5, 5.41) is 15.9. The molecule has 3 aliphatic rings. The molecule has 5 heterocycles. The van der Waals surface area contributed by atoms with Crippen molar-refractivity contribution < 1.29 is 13.9 Å². The molecular formula is C37H37ClFN7O2. The second-order valence-corrected chi connectivity index (χ2v) is 13.5. The maximum atomic E-state index is 17.2. The topological polar surface area (TPSA) is 99.6 Å². The quantitative estimate of drug-likeness (QED) is 0.217. The molecule has 0 bridgehead atoms. The first kappa shape index (κ1) is 32.1. The lowest BCUT2D eigenvalue weighted by Crippen LogP contribution is -2.46. The summed E-state index contributed by atoms with van der Waals surface area (Å²) in [4.78, 5) is 26.1. The molecular weight excluding hydrogens is 629 g/mol. The number of pyridine rings is 1. The van der Waals surface area contributed by atoms with Crippen LogP contribution in [0.1, 0.15) is 67.3 Å². The summed E-state index contributed by atoms with van der Waals surface area (Å²) in [5.41, 5.74) is 5.75. The van der Waals surface area contributed by atoms with Crippen LogP contribution in [0.25, 0.3) is 32.9 Å². The van der Waals surface area contributed by atoms with Crippen LogP contribution in [-0.4, -0.2) is 75.5 Å². The zero-order chi connectivity index (χ0) is 33.7. The van der Waals surface area contributed by atoms with Gasteiger partial charge in [-0.2, -0.15) is 10.4 Å². The van der Waals surface area contributed by atoms with E-state index in [1.807, 2.05) is 18.5 Å². The van der Waals surface area contributed by atoms with Gasteiger partial charge in [-0.15, -0.1) is 0 Å². The molecule has 11 heteroatoms. The first-order chi connectivity index (χ1) is 23.2. The molecule has 2 fully saturated rings. The average molecular weight is 666 g/mol. The molecule has 246 valence electrons. The zero-order valence-corrected chi connectivity index (χ0v) is 28.4. The second kappa shape index (κ2) is 12.8. The highest BCUT2D eigenvalue weighted by Gasteiger charge is 2.34. The molecule has 0 N–H and O–H groups in total. The maximum absolute atomic E-state index is 17.2. The van der Waals surface area contributed by atoms with E-state index < -0.39 is 5.82 Å². The zero-order valence-electron chi connectivity index (χ0n) is 27.6. The Morgan fingerprint density at radius 2 is 2.00 bits per heavy atom. The Morgan fingerprint density at radius 3 is 2.75 bits per heavy atom. The highest BCUT2D eigenvalue weighted by molar-refractivity contribution is 6.35. The van der Waals surface area contributed by atoms with Crippen molar-refractivity contribution in [2.24, 2.45) is 4.99 Å². The number of aromatic nitrogens is 3. The third-order valence-electron chi connectivity index (χ3n) is 10.3. The van der Waals surface area contributed by atoms with Gasteiger partial charge in [-0.05, 0) is 94.3 Å². The molecule has 48 heavy (non-hydrogen) atoms. The Kier molecular flexibility index (Phi) is 8.57. The highest BCUT2D eigenvalue weighted by atomic mass is 35.5. The normalized spacial score (nSPS) is 20.6. The molecule has 2 aromatic carbocycles. The highest BCUT2D eigenvalue weighted by Crippen LogP contribution is 2.44. The van der Waals surface area contributed by atoms with E-state index >= 15 is 4.39 Å². The smallest absolute Gasteiger partial charge is 0.298 e. The minimum atomic E-state index is -0.521. The van der Waals surface area contributed by atoms with Crippen LogP contribution < -0.4 is 4.74 Å². The molecule has 1 amide bonds. The monoisotopic (exact) mass is 665 g/mol. The Balaban J connectivity index is 1.40. The molecule has 7 rings (SSSR count). The van der Waals surface area contributed by atoms with Crippen LogP contribution in [0.4, 0.5) is 4.39 Å². The fourth-order valence-electron chi connectivity index (χ4n) is 7.67. The summed E-state index contributed by atoms with van der Waals surface area (Å²) in [5.74, 6) is 4.82. The number of hydrogen-bond donors (Lipinski definition) is 0. The predicted molar refractivity (Wildman–Crippen MR) is 185 cm³/mol. The number of rotatable bonds is 6. The summed E-state index contributed by atoms with van der Waals surface area (Å²) in [6.45, 7) is 8.01. The van der Waals surface area contributed by atoms with Crippen molar-refractivity contribution >= 4 is 45.5 Å². The lowest BCUT2D eigenvalue weighted by molar-refractivity contribution is -0.129. The van der Waals surface area contributed by atoms with Crippen molar-refractivity contribution in [2.75, 3.05) is 26.7 Å². The van der Waals surface area contributed by atoms with Crippen molar-refractivity contribution in [3.63, 3.8) is 0 Å². The van der Waals surface area contributed by atoms with Gasteiger partial charge in [-0.1, -0.05) is 23.6 Å². The summed E-state index contributed by atoms with van der Waals surface area (Å²) in [6.07, 6.45) is 6.89. The van der Waals surface area contributed by atoms with Crippen LogP contribution in [0.2, 0.25) is 5.02 Å². The fourth-order valence-corrected chi connectivity index (χ4v) is 7.95. The van der Waals surface area contributed by atoms with Gasteiger partial charge in [0.15, 0.2) is 5.82 Å². The molecule has 0 saturated carbocycles. The third-order valence-corrected chi connectivity index (χ3v) is 10.6. The number of ether oxygens (including phenoxy) is 1. The number of carbonyl (C=O) groups excluding carboxylic acids is 1. The molecule has 3 aliphatic heterocycles. The number of benzene rings is 2. The van der Waals surface area contributed by atoms with Crippen molar-refractivity contribution in [3.05, 3.63) is 51.4 Å². The largest absolute Gasteiger partial charge is 0.475 e. The van der Waals surface area contributed by atoms with Gasteiger partial charge in [-0.3, -0.25) is 14.5 Å². The SMILES string of the molecule is CC#CC(=O)N1CC[C@H](n2ncc3c(OC[C@@H]4CCCN4C)nc4c(F)c(-c5c(C)c(C)cc6c5C=NC6)c(Cl)cc4c32)C[C@H]1CC#N. The number of aryl methyl sites for hydroxylation is 1. The van der Waals surface area contributed by atoms with E-state index in [1.165, 1.54) is 0 Å². The molecule has 2 saturated heterocycles. The van der Waals surface area contributed by atoms with Crippen molar-refractivity contribution in [1.29, 1.82) is 5.26 Å². The lowest BCUT2D eigenvalue weighted by atomic mass is 9.88. The van der Waals surface area contributed by atoms with E-state index in [0.717, 1.165) is 47.2 Å². The van der Waals surface area contributed by atoms with Gasteiger partial charge < -0.3 is 14.5 Å². The molecule has 0 radical (unpaired) electrons. The number of nitriles is 1. The van der Waals surface area contributed by atoms with Crippen LogP contribution in [0.3, 0.4) is 0 Å². The number of carbonyl (C=O) groups is 1. The standard InChI is InChI=1S/C37H37ClFN7O2/c1-5-7-31(47)45-13-10-25(15-24(45)9-11-40)46-36-27-16-30(38)33(32-22(3)21(2)14-23-17-41-18-28(23)32)34(39)35(27)43-37(29(36)19-42-46)48-20-26-8-6-12-44(26)4/h14,16,18-19,24-26H,6,8-10,12-13,15,17,20H2,1-4H3/t24-,25+,26+/m1/s1. The van der Waals surface area contributed by atoms with Gasteiger partial charge in [0, 0.05) is 41.4 Å². The van der Waals surface area contributed by atoms with Gasteiger partial charge in [0.2, 0.25) is 5.88 Å². The number of aliphatic imine (C=N–C) groups is 1.